The van der Waals surface area contributed by atoms with E-state index in [1.807, 2.05) is 18.2 Å². The smallest absolute Gasteiger partial charge is 0.134 e. The summed E-state index contributed by atoms with van der Waals surface area (Å²) in [5.74, 6) is 1.65. The van der Waals surface area contributed by atoms with Crippen LogP contribution in [0.1, 0.15) is 93.4 Å². The molecule has 1 saturated carbocycles. The molecular formula is C31H39F. The number of halogens is 1. The van der Waals surface area contributed by atoms with Crippen LogP contribution < -0.4 is 0 Å². The first-order valence-electron chi connectivity index (χ1n) is 13.0. The third kappa shape index (κ3) is 5.61. The van der Waals surface area contributed by atoms with E-state index in [0.717, 1.165) is 47.4 Å². The van der Waals surface area contributed by atoms with E-state index >= 15 is 4.39 Å². The van der Waals surface area contributed by atoms with Crippen LogP contribution in [0.25, 0.3) is 10.8 Å². The molecule has 0 amide bonds. The molecule has 0 aromatic heterocycles. The Balaban J connectivity index is 1.32. The second-order valence-electron chi connectivity index (χ2n) is 9.90. The zero-order chi connectivity index (χ0) is 22.3. The zero-order valence-corrected chi connectivity index (χ0v) is 20.0. The van der Waals surface area contributed by atoms with Crippen LogP contribution in [0.15, 0.2) is 54.6 Å². The van der Waals surface area contributed by atoms with Crippen molar-refractivity contribution in [2.75, 3.05) is 0 Å². The summed E-state index contributed by atoms with van der Waals surface area (Å²) in [6, 6.07) is 19.4. The van der Waals surface area contributed by atoms with Gasteiger partial charge in [-0.2, -0.15) is 0 Å². The summed E-state index contributed by atoms with van der Waals surface area (Å²) in [6.07, 6.45) is 13.7. The molecule has 0 nitrogen and oxygen atoms in total. The Morgan fingerprint density at radius 3 is 2.25 bits per heavy atom. The van der Waals surface area contributed by atoms with Gasteiger partial charge in [-0.1, -0.05) is 94.1 Å². The minimum atomic E-state index is -0.0440. The summed E-state index contributed by atoms with van der Waals surface area (Å²) in [5.41, 5.74) is 4.90. The lowest BCUT2D eigenvalue weighted by atomic mass is 9.77. The second-order valence-corrected chi connectivity index (χ2v) is 9.90. The largest absolute Gasteiger partial charge is 0.206 e. The lowest BCUT2D eigenvalue weighted by molar-refractivity contribution is 0.303. The van der Waals surface area contributed by atoms with E-state index < -0.39 is 0 Å². The molecule has 0 N–H and O–H groups in total. The molecule has 0 saturated heterocycles. The molecule has 1 aliphatic carbocycles. The number of hydrogen-bond acceptors (Lipinski definition) is 0. The zero-order valence-electron chi connectivity index (χ0n) is 20.0. The normalized spacial score (nSPS) is 18.8. The lowest BCUT2D eigenvalue weighted by Crippen LogP contribution is -2.13. The van der Waals surface area contributed by atoms with Gasteiger partial charge in [-0.25, -0.2) is 4.39 Å². The maximum absolute atomic E-state index is 15.0. The SMILES string of the molecule is CCCCCC1CCC(c2ccc(CCc3ccc4cc(CC)ccc4c3F)cc2)CC1. The highest BCUT2D eigenvalue weighted by molar-refractivity contribution is 5.84. The molecule has 1 aliphatic rings. The van der Waals surface area contributed by atoms with Crippen molar-refractivity contribution in [3.05, 3.63) is 82.7 Å². The van der Waals surface area contributed by atoms with Gasteiger partial charge in [0.1, 0.15) is 5.82 Å². The first-order chi connectivity index (χ1) is 15.7. The first kappa shape index (κ1) is 23.0. The standard InChI is InChI=1S/C31H39F/c1-3-5-6-7-24-8-14-26(15-9-24)27-16-10-25(11-17-27)12-18-28-19-20-29-22-23(4-2)13-21-30(29)31(28)32/h10-11,13,16-17,19-22,24,26H,3-9,12,14-15,18H2,1-2H3. The van der Waals surface area contributed by atoms with Crippen LogP contribution in [0.2, 0.25) is 0 Å². The van der Waals surface area contributed by atoms with Crippen molar-refractivity contribution in [3.8, 4) is 0 Å². The summed E-state index contributed by atoms with van der Waals surface area (Å²) in [5, 5.41) is 1.76. The Hall–Kier alpha value is -2.15. The van der Waals surface area contributed by atoms with Gasteiger partial charge >= 0.3 is 0 Å². The second kappa shape index (κ2) is 11.1. The van der Waals surface area contributed by atoms with Gasteiger partial charge in [0, 0.05) is 5.39 Å². The molecule has 170 valence electrons. The van der Waals surface area contributed by atoms with E-state index in [-0.39, 0.29) is 5.82 Å². The molecule has 3 aromatic carbocycles. The third-order valence-corrected chi connectivity index (χ3v) is 7.70. The van der Waals surface area contributed by atoms with Crippen LogP contribution >= 0.6 is 0 Å². The minimum Gasteiger partial charge on any atom is -0.206 e. The molecule has 0 atom stereocenters. The molecule has 1 fully saturated rings. The van der Waals surface area contributed by atoms with Gasteiger partial charge in [-0.05, 0) is 84.4 Å². The van der Waals surface area contributed by atoms with Gasteiger partial charge in [0.2, 0.25) is 0 Å². The van der Waals surface area contributed by atoms with Gasteiger partial charge in [0.05, 0.1) is 0 Å². The first-order valence-corrected chi connectivity index (χ1v) is 13.0. The maximum Gasteiger partial charge on any atom is 0.134 e. The molecule has 3 aromatic rings. The van der Waals surface area contributed by atoms with Crippen molar-refractivity contribution in [1.82, 2.24) is 0 Å². The van der Waals surface area contributed by atoms with Crippen LogP contribution in [0, 0.1) is 11.7 Å². The monoisotopic (exact) mass is 430 g/mol. The van der Waals surface area contributed by atoms with Crippen molar-refractivity contribution in [2.24, 2.45) is 5.92 Å². The molecular weight excluding hydrogens is 391 g/mol. The van der Waals surface area contributed by atoms with Crippen LogP contribution in [0.4, 0.5) is 4.39 Å². The molecule has 1 heteroatoms. The molecule has 0 bridgehead atoms. The van der Waals surface area contributed by atoms with Gasteiger partial charge in [-0.3, -0.25) is 0 Å². The molecule has 0 radical (unpaired) electrons. The predicted octanol–water partition coefficient (Wildman–Crippen LogP) is 9.18. The third-order valence-electron chi connectivity index (χ3n) is 7.70. The highest BCUT2D eigenvalue weighted by atomic mass is 19.1. The highest BCUT2D eigenvalue weighted by Gasteiger charge is 2.22. The van der Waals surface area contributed by atoms with Crippen LogP contribution in [0.3, 0.4) is 0 Å². The average molecular weight is 431 g/mol. The van der Waals surface area contributed by atoms with E-state index in [4.69, 9.17) is 0 Å². The van der Waals surface area contributed by atoms with Crippen molar-refractivity contribution in [3.63, 3.8) is 0 Å². The van der Waals surface area contributed by atoms with Crippen molar-refractivity contribution < 1.29 is 4.39 Å². The summed E-state index contributed by atoms with van der Waals surface area (Å²) in [6.45, 7) is 4.43. The fourth-order valence-corrected chi connectivity index (χ4v) is 5.50. The van der Waals surface area contributed by atoms with E-state index in [1.165, 1.54) is 68.1 Å². The Morgan fingerprint density at radius 2 is 1.53 bits per heavy atom. The number of unbranched alkanes of at least 4 members (excludes halogenated alkanes) is 2. The predicted molar refractivity (Wildman–Crippen MR) is 136 cm³/mol. The fourth-order valence-electron chi connectivity index (χ4n) is 5.50. The van der Waals surface area contributed by atoms with Crippen LogP contribution in [0.5, 0.6) is 0 Å². The Labute approximate surface area is 194 Å². The molecule has 0 unspecified atom stereocenters. The summed E-state index contributed by atoms with van der Waals surface area (Å²) in [7, 11) is 0. The Kier molecular flexibility index (Phi) is 8.00. The number of fused-ring (bicyclic) bond motifs is 1. The number of aryl methyl sites for hydroxylation is 3. The quantitative estimate of drug-likeness (QED) is 0.297. The van der Waals surface area contributed by atoms with E-state index in [2.05, 4.69) is 50.2 Å². The maximum atomic E-state index is 15.0. The number of hydrogen-bond donors (Lipinski definition) is 0. The summed E-state index contributed by atoms with van der Waals surface area (Å²) < 4.78 is 15.0. The van der Waals surface area contributed by atoms with Gasteiger partial charge in [-0.15, -0.1) is 0 Å². The summed E-state index contributed by atoms with van der Waals surface area (Å²) >= 11 is 0. The van der Waals surface area contributed by atoms with E-state index in [9.17, 15) is 0 Å². The van der Waals surface area contributed by atoms with E-state index in [1.54, 1.807) is 0 Å². The summed E-state index contributed by atoms with van der Waals surface area (Å²) in [4.78, 5) is 0. The van der Waals surface area contributed by atoms with E-state index in [0.29, 0.717) is 0 Å². The minimum absolute atomic E-state index is 0.0440. The van der Waals surface area contributed by atoms with Crippen molar-refractivity contribution in [2.45, 2.75) is 90.4 Å². The van der Waals surface area contributed by atoms with Crippen molar-refractivity contribution in [1.29, 1.82) is 0 Å². The fraction of sp³-hybridized carbons (Fsp3) is 0.484. The van der Waals surface area contributed by atoms with Gasteiger partial charge in [0.25, 0.3) is 0 Å². The Bertz CT molecular complexity index is 993. The molecule has 4 rings (SSSR count). The van der Waals surface area contributed by atoms with Crippen LogP contribution in [-0.4, -0.2) is 0 Å². The molecule has 0 heterocycles. The van der Waals surface area contributed by atoms with Gasteiger partial charge < -0.3 is 0 Å². The molecule has 0 aliphatic heterocycles. The Morgan fingerprint density at radius 1 is 0.781 bits per heavy atom. The topological polar surface area (TPSA) is 0 Å². The molecule has 32 heavy (non-hydrogen) atoms. The van der Waals surface area contributed by atoms with Gasteiger partial charge in [0.15, 0.2) is 0 Å². The van der Waals surface area contributed by atoms with Crippen molar-refractivity contribution >= 4 is 10.8 Å². The number of rotatable bonds is 9. The lowest BCUT2D eigenvalue weighted by Gasteiger charge is -2.29. The van der Waals surface area contributed by atoms with Crippen LogP contribution in [-0.2, 0) is 19.3 Å². The highest BCUT2D eigenvalue weighted by Crippen LogP contribution is 2.37. The number of benzene rings is 3. The molecule has 0 spiro atoms. The average Bonchev–Trinajstić information content (AvgIpc) is 2.84.